The first-order chi connectivity index (χ1) is 9.72. The summed E-state index contributed by atoms with van der Waals surface area (Å²) in [6.07, 6.45) is 0. The Balaban J connectivity index is 2.25. The van der Waals surface area contributed by atoms with E-state index < -0.39 is 0 Å². The van der Waals surface area contributed by atoms with Gasteiger partial charge in [-0.2, -0.15) is 0 Å². The van der Waals surface area contributed by atoms with Crippen molar-refractivity contribution in [2.24, 2.45) is 0 Å². The zero-order valence-electron chi connectivity index (χ0n) is 11.0. The highest BCUT2D eigenvalue weighted by Crippen LogP contribution is 2.34. The lowest BCUT2D eigenvalue weighted by Crippen LogP contribution is -1.97. The Labute approximate surface area is 121 Å². The molecule has 0 aliphatic carbocycles. The van der Waals surface area contributed by atoms with E-state index in [2.05, 4.69) is 4.98 Å². The summed E-state index contributed by atoms with van der Waals surface area (Å²) in [5.74, 6) is 1.28. The van der Waals surface area contributed by atoms with Crippen LogP contribution in [0.3, 0.4) is 0 Å². The van der Waals surface area contributed by atoms with Crippen molar-refractivity contribution in [3.05, 3.63) is 47.6 Å². The summed E-state index contributed by atoms with van der Waals surface area (Å²) < 4.78 is 7.36. The molecule has 4 nitrogen and oxygen atoms in total. The van der Waals surface area contributed by atoms with Crippen LogP contribution in [0, 0.1) is 0 Å². The molecule has 3 aromatic rings. The monoisotopic (exact) mass is 287 g/mol. The fourth-order valence-electron chi connectivity index (χ4n) is 2.22. The van der Waals surface area contributed by atoms with Crippen LogP contribution in [0.4, 0.5) is 5.82 Å². The van der Waals surface area contributed by atoms with Crippen LogP contribution in [-0.2, 0) is 0 Å². The van der Waals surface area contributed by atoms with Crippen LogP contribution in [0.5, 0.6) is 5.75 Å². The number of nitrogens with zero attached hydrogens (tertiary/aromatic N) is 2. The Hall–Kier alpha value is -2.20. The van der Waals surface area contributed by atoms with Crippen molar-refractivity contribution >= 4 is 23.1 Å². The summed E-state index contributed by atoms with van der Waals surface area (Å²) in [4.78, 5) is 4.56. The molecule has 0 radical (unpaired) electrons. The largest absolute Gasteiger partial charge is 0.493 e. The molecule has 3 rings (SSSR count). The average molecular weight is 288 g/mol. The molecular weight excluding hydrogens is 274 g/mol. The molecule has 0 spiro atoms. The topological polar surface area (TPSA) is 52.5 Å². The summed E-state index contributed by atoms with van der Waals surface area (Å²) in [6.45, 7) is 2.53. The number of para-hydroxylation sites is 1. The fraction of sp³-hybridized carbons (Fsp3) is 0.133. The maximum Gasteiger partial charge on any atom is 0.140 e. The molecule has 0 saturated heterocycles. The SMILES string of the molecule is CCOc1ccccc1-c1nc2cccc(Cl)n2c1N. The van der Waals surface area contributed by atoms with E-state index in [0.29, 0.717) is 23.3 Å². The van der Waals surface area contributed by atoms with Crippen molar-refractivity contribution < 1.29 is 4.74 Å². The maximum atomic E-state index is 6.20. The van der Waals surface area contributed by atoms with Crippen LogP contribution in [0.15, 0.2) is 42.5 Å². The quantitative estimate of drug-likeness (QED) is 0.748. The van der Waals surface area contributed by atoms with Gasteiger partial charge >= 0.3 is 0 Å². The molecule has 0 saturated carbocycles. The second-order valence-corrected chi connectivity index (χ2v) is 4.70. The zero-order valence-corrected chi connectivity index (χ0v) is 11.8. The molecule has 5 heteroatoms. The fourth-order valence-corrected chi connectivity index (χ4v) is 2.47. The number of nitrogen functional groups attached to an aromatic ring is 1. The molecule has 0 atom stereocenters. The number of aromatic nitrogens is 2. The second kappa shape index (κ2) is 5.06. The van der Waals surface area contributed by atoms with Crippen LogP contribution < -0.4 is 10.5 Å². The van der Waals surface area contributed by atoms with Crippen molar-refractivity contribution in [3.63, 3.8) is 0 Å². The van der Waals surface area contributed by atoms with Crippen LogP contribution in [0.2, 0.25) is 5.15 Å². The van der Waals surface area contributed by atoms with Crippen molar-refractivity contribution in [1.29, 1.82) is 0 Å². The Morgan fingerprint density at radius 2 is 2.00 bits per heavy atom. The van der Waals surface area contributed by atoms with E-state index in [1.807, 2.05) is 43.3 Å². The number of anilines is 1. The lowest BCUT2D eigenvalue weighted by Gasteiger charge is -2.08. The van der Waals surface area contributed by atoms with Gasteiger partial charge in [0.25, 0.3) is 0 Å². The van der Waals surface area contributed by atoms with Crippen molar-refractivity contribution in [1.82, 2.24) is 9.38 Å². The lowest BCUT2D eigenvalue weighted by molar-refractivity contribution is 0.341. The predicted octanol–water partition coefficient (Wildman–Crippen LogP) is 3.64. The smallest absolute Gasteiger partial charge is 0.140 e. The van der Waals surface area contributed by atoms with Gasteiger partial charge in [-0.3, -0.25) is 4.40 Å². The third-order valence-corrected chi connectivity index (χ3v) is 3.37. The normalized spacial score (nSPS) is 10.9. The Morgan fingerprint density at radius 3 is 2.75 bits per heavy atom. The number of rotatable bonds is 3. The number of nitrogens with two attached hydrogens (primary N) is 1. The lowest BCUT2D eigenvalue weighted by atomic mass is 10.1. The van der Waals surface area contributed by atoms with E-state index in [-0.39, 0.29) is 0 Å². The van der Waals surface area contributed by atoms with Crippen LogP contribution >= 0.6 is 11.6 Å². The summed E-state index contributed by atoms with van der Waals surface area (Å²) in [7, 11) is 0. The van der Waals surface area contributed by atoms with Gasteiger partial charge in [0.1, 0.15) is 28.1 Å². The van der Waals surface area contributed by atoms with Crippen molar-refractivity contribution in [2.75, 3.05) is 12.3 Å². The van der Waals surface area contributed by atoms with E-state index in [1.54, 1.807) is 10.5 Å². The van der Waals surface area contributed by atoms with E-state index in [9.17, 15) is 0 Å². The number of hydrogen-bond acceptors (Lipinski definition) is 3. The molecule has 0 aliphatic heterocycles. The van der Waals surface area contributed by atoms with Gasteiger partial charge in [-0.1, -0.05) is 29.8 Å². The third kappa shape index (κ3) is 1.98. The number of imidazole rings is 1. The van der Waals surface area contributed by atoms with Gasteiger partial charge in [0, 0.05) is 5.56 Å². The molecule has 2 aromatic heterocycles. The van der Waals surface area contributed by atoms with Gasteiger partial charge in [-0.15, -0.1) is 0 Å². The van der Waals surface area contributed by atoms with Crippen LogP contribution in [-0.4, -0.2) is 16.0 Å². The highest BCUT2D eigenvalue weighted by atomic mass is 35.5. The summed E-state index contributed by atoms with van der Waals surface area (Å²) in [6, 6.07) is 13.2. The van der Waals surface area contributed by atoms with Gasteiger partial charge in [-0.05, 0) is 31.2 Å². The van der Waals surface area contributed by atoms with Gasteiger partial charge in [0.2, 0.25) is 0 Å². The predicted molar refractivity (Wildman–Crippen MR) is 81.2 cm³/mol. The minimum absolute atomic E-state index is 0.512. The number of ether oxygens (including phenoxy) is 1. The summed E-state index contributed by atoms with van der Waals surface area (Å²) in [5, 5.41) is 0.535. The first-order valence-corrected chi connectivity index (χ1v) is 6.74. The van der Waals surface area contributed by atoms with Gasteiger partial charge in [-0.25, -0.2) is 4.98 Å². The Kier molecular flexibility index (Phi) is 3.24. The van der Waals surface area contributed by atoms with E-state index >= 15 is 0 Å². The molecule has 0 fully saturated rings. The Bertz CT molecular complexity index is 767. The standard InChI is InChI=1S/C15H14ClN3O/c1-2-20-11-7-4-3-6-10(11)14-15(17)19-12(16)8-5-9-13(19)18-14/h3-9H,2,17H2,1H3. The Morgan fingerprint density at radius 1 is 1.20 bits per heavy atom. The highest BCUT2D eigenvalue weighted by Gasteiger charge is 2.16. The highest BCUT2D eigenvalue weighted by molar-refractivity contribution is 6.30. The number of fused-ring (bicyclic) bond motifs is 1. The molecule has 0 amide bonds. The van der Waals surface area contributed by atoms with Gasteiger partial charge < -0.3 is 10.5 Å². The first-order valence-electron chi connectivity index (χ1n) is 6.37. The minimum Gasteiger partial charge on any atom is -0.493 e. The molecule has 2 heterocycles. The summed E-state index contributed by atoms with van der Waals surface area (Å²) in [5.41, 5.74) is 8.47. The average Bonchev–Trinajstić information content (AvgIpc) is 2.78. The molecule has 0 aliphatic rings. The van der Waals surface area contributed by atoms with Crippen LogP contribution in [0.1, 0.15) is 6.92 Å². The van der Waals surface area contributed by atoms with Gasteiger partial charge in [0.05, 0.1) is 6.61 Å². The minimum atomic E-state index is 0.512. The molecule has 0 unspecified atom stereocenters. The van der Waals surface area contributed by atoms with E-state index in [1.165, 1.54) is 0 Å². The number of halogens is 1. The molecule has 1 aromatic carbocycles. The first kappa shape index (κ1) is 12.8. The second-order valence-electron chi connectivity index (χ2n) is 4.32. The zero-order chi connectivity index (χ0) is 14.1. The van der Waals surface area contributed by atoms with E-state index in [0.717, 1.165) is 17.0 Å². The molecule has 102 valence electrons. The van der Waals surface area contributed by atoms with Crippen LogP contribution in [0.25, 0.3) is 16.9 Å². The number of pyridine rings is 1. The number of benzene rings is 1. The molecular formula is C15H14ClN3O. The molecule has 0 bridgehead atoms. The molecule has 2 N–H and O–H groups in total. The van der Waals surface area contributed by atoms with Crippen molar-refractivity contribution in [3.8, 4) is 17.0 Å². The van der Waals surface area contributed by atoms with E-state index in [4.69, 9.17) is 22.1 Å². The van der Waals surface area contributed by atoms with Gasteiger partial charge in [0.15, 0.2) is 0 Å². The number of hydrogen-bond donors (Lipinski definition) is 1. The third-order valence-electron chi connectivity index (χ3n) is 3.07. The molecule has 20 heavy (non-hydrogen) atoms. The summed E-state index contributed by atoms with van der Waals surface area (Å²) >= 11 is 6.18. The van der Waals surface area contributed by atoms with Crippen molar-refractivity contribution in [2.45, 2.75) is 6.92 Å². The maximum absolute atomic E-state index is 6.20.